The fourth-order valence-corrected chi connectivity index (χ4v) is 6.54. The molecule has 7 N–H and O–H groups in total. The van der Waals surface area contributed by atoms with E-state index in [2.05, 4.69) is 40.7 Å². The molecule has 25 heteroatoms. The molecule has 0 spiro atoms. The molecule has 0 saturated heterocycles. The van der Waals surface area contributed by atoms with Crippen molar-refractivity contribution in [2.45, 2.75) is 23.1 Å². The smallest absolute Gasteiger partial charge is 0.335 e. The van der Waals surface area contributed by atoms with Gasteiger partial charge in [-0.25, -0.2) is 4.79 Å². The monoisotopic (exact) mass is 849 g/mol. The van der Waals surface area contributed by atoms with Gasteiger partial charge in [-0.2, -0.15) is 32.2 Å². The molecule has 0 saturated carbocycles. The number of nitrogens with one attached hydrogen (secondary N) is 1. The molecule has 0 aliphatic carbocycles. The molecule has 0 bridgehead atoms. The number of nitro benzene ring substituents is 1. The van der Waals surface area contributed by atoms with Crippen LogP contribution in [0.2, 0.25) is 0 Å². The normalized spacial score (nSPS) is 12.1. The zero-order valence-electron chi connectivity index (χ0n) is 29.8. The van der Waals surface area contributed by atoms with Crippen molar-refractivity contribution in [1.82, 2.24) is 0 Å². The van der Waals surface area contributed by atoms with Gasteiger partial charge in [0.2, 0.25) is 5.91 Å². The number of anilines is 2. The van der Waals surface area contributed by atoms with Crippen LogP contribution < -0.4 is 11.1 Å². The molecule has 0 aliphatic rings. The number of carboxylic acid groups (broad SMARTS) is 1. The summed E-state index contributed by atoms with van der Waals surface area (Å²) in [6, 6.07) is 14.4. The van der Waals surface area contributed by atoms with E-state index < -0.39 is 91.8 Å². The van der Waals surface area contributed by atoms with Crippen LogP contribution in [0, 0.1) is 17.0 Å². The van der Waals surface area contributed by atoms with Crippen molar-refractivity contribution in [3.8, 4) is 5.75 Å². The van der Waals surface area contributed by atoms with Crippen molar-refractivity contribution in [2.24, 2.45) is 30.7 Å². The van der Waals surface area contributed by atoms with Crippen molar-refractivity contribution >= 4 is 101 Å². The molecular weight excluding hydrogens is 823 g/mol. The average molecular weight is 850 g/mol. The number of nitrogens with two attached hydrogens (primary N) is 1. The number of aromatic hydroxyl groups is 1. The van der Waals surface area contributed by atoms with Gasteiger partial charge in [0.25, 0.3) is 32.4 Å². The molecule has 5 aromatic rings. The standard InChI is InChI=1S/C34H27N9O14S2/c1-17-11-21(6-7-23(17)39-37-20-4-2-3-18(12-20)34(47)48)38-41-25-15-27(58(51,52)53)22-14-28(59(54,55)56)32(33(46)30(22)31(25)35)42-40-24-8-5-19(13-26(24)43(49)50)36-29(45)9-10-57-16-44/h2-8,11-16,46H,9-10,35H2,1H3,(H,36,45)(H,47,48)(H,51,52,53)(H,54,55,56)/b39-37+,41-38+,42-40+. The number of amides is 1. The molecule has 0 aliphatic heterocycles. The van der Waals surface area contributed by atoms with Crippen molar-refractivity contribution in [1.29, 1.82) is 0 Å². The number of aromatic carboxylic acids is 1. The highest BCUT2D eigenvalue weighted by molar-refractivity contribution is 7.86. The van der Waals surface area contributed by atoms with Crippen molar-refractivity contribution in [3.63, 3.8) is 0 Å². The van der Waals surface area contributed by atoms with Gasteiger partial charge in [0.1, 0.15) is 21.2 Å². The number of azo groups is 3. The molecule has 23 nitrogen and oxygen atoms in total. The number of hydrogen-bond donors (Lipinski definition) is 6. The molecule has 0 radical (unpaired) electrons. The van der Waals surface area contributed by atoms with Crippen LogP contribution in [-0.2, 0) is 34.6 Å². The second-order valence-corrected chi connectivity index (χ2v) is 14.7. The van der Waals surface area contributed by atoms with Gasteiger partial charge < -0.3 is 26.0 Å². The first kappa shape index (κ1) is 42.5. The van der Waals surface area contributed by atoms with Gasteiger partial charge in [-0.05, 0) is 73.2 Å². The van der Waals surface area contributed by atoms with E-state index >= 15 is 0 Å². The largest absolute Gasteiger partial charge is 0.505 e. The Morgan fingerprint density at radius 1 is 0.847 bits per heavy atom. The average Bonchev–Trinajstić information content (AvgIpc) is 3.16. The van der Waals surface area contributed by atoms with Crippen LogP contribution in [0.3, 0.4) is 0 Å². The second-order valence-electron chi connectivity index (χ2n) is 11.9. The third kappa shape index (κ3) is 10.0. The second kappa shape index (κ2) is 17.3. The SMILES string of the molecule is Cc1cc(/N=N/c2cc(S(=O)(=O)O)c3cc(S(=O)(=O)O)c(/N=N/c4ccc(NC(=O)CCOC=O)cc4[N+](=O)[O-])c(O)c3c2N)ccc1/N=N/c1cccc(C(=O)O)c1. The number of phenolic OH excluding ortho intramolecular Hbond substituents is 1. The fourth-order valence-electron chi connectivity index (χ4n) is 5.20. The fraction of sp³-hybridized carbons (Fsp3) is 0.0882. The van der Waals surface area contributed by atoms with Crippen LogP contribution in [0.5, 0.6) is 5.75 Å². The molecule has 0 atom stereocenters. The Morgan fingerprint density at radius 2 is 1.49 bits per heavy atom. The lowest BCUT2D eigenvalue weighted by Gasteiger charge is -2.14. The number of nitrogen functional groups attached to an aromatic ring is 1. The van der Waals surface area contributed by atoms with E-state index in [-0.39, 0.29) is 42.1 Å². The summed E-state index contributed by atoms with van der Waals surface area (Å²) in [5, 5.41) is 56.9. The summed E-state index contributed by atoms with van der Waals surface area (Å²) in [5.74, 6) is -3.04. The highest BCUT2D eigenvalue weighted by Crippen LogP contribution is 2.48. The summed E-state index contributed by atoms with van der Waals surface area (Å²) in [6.45, 7) is 1.49. The number of phenols is 1. The molecule has 0 heterocycles. The number of nitrogens with zero attached hydrogens (tertiary/aromatic N) is 7. The number of carbonyl (C=O) groups excluding carboxylic acids is 2. The van der Waals surface area contributed by atoms with Gasteiger partial charge in [0.05, 0.1) is 51.7 Å². The Kier molecular flexibility index (Phi) is 12.4. The molecule has 0 aromatic heterocycles. The first-order chi connectivity index (χ1) is 27.8. The molecule has 5 aromatic carbocycles. The zero-order valence-corrected chi connectivity index (χ0v) is 31.4. The molecule has 304 valence electrons. The Morgan fingerprint density at radius 3 is 2.12 bits per heavy atom. The number of carbonyl (C=O) groups is 3. The zero-order chi connectivity index (χ0) is 43.2. The lowest BCUT2D eigenvalue weighted by Crippen LogP contribution is -2.14. The quantitative estimate of drug-likeness (QED) is 0.0115. The maximum Gasteiger partial charge on any atom is 0.335 e. The Balaban J connectivity index is 1.57. The maximum atomic E-state index is 12.6. The van der Waals surface area contributed by atoms with Crippen LogP contribution in [0.4, 0.5) is 51.2 Å². The lowest BCUT2D eigenvalue weighted by molar-refractivity contribution is -0.384. The number of carboxylic acids is 1. The van der Waals surface area contributed by atoms with Crippen molar-refractivity contribution in [2.75, 3.05) is 17.7 Å². The summed E-state index contributed by atoms with van der Waals surface area (Å²) < 4.78 is 74.7. The van der Waals surface area contributed by atoms with Gasteiger partial charge in [0.15, 0.2) is 11.4 Å². The van der Waals surface area contributed by atoms with E-state index in [1.165, 1.54) is 36.4 Å². The van der Waals surface area contributed by atoms with Gasteiger partial charge in [-0.15, -0.1) is 15.3 Å². The summed E-state index contributed by atoms with van der Waals surface area (Å²) >= 11 is 0. The van der Waals surface area contributed by atoms with Gasteiger partial charge in [-0.1, -0.05) is 6.07 Å². The first-order valence-corrected chi connectivity index (χ1v) is 19.1. The Labute approximate surface area is 331 Å². The minimum absolute atomic E-state index is 0.00526. The highest BCUT2D eigenvalue weighted by Gasteiger charge is 2.29. The highest BCUT2D eigenvalue weighted by atomic mass is 32.2. The summed E-state index contributed by atoms with van der Waals surface area (Å²) in [7, 11) is -10.7. The molecule has 5 rings (SSSR count). The van der Waals surface area contributed by atoms with Crippen LogP contribution in [-0.4, -0.2) is 66.0 Å². The van der Waals surface area contributed by atoms with E-state index in [0.717, 1.165) is 18.2 Å². The minimum atomic E-state index is -5.40. The maximum absolute atomic E-state index is 12.6. The van der Waals surface area contributed by atoms with Crippen LogP contribution >= 0.6 is 0 Å². The van der Waals surface area contributed by atoms with Crippen LogP contribution in [0.15, 0.2) is 113 Å². The van der Waals surface area contributed by atoms with E-state index in [1.54, 1.807) is 13.0 Å². The molecule has 0 unspecified atom stereocenters. The number of fused-ring (bicyclic) bond motifs is 1. The predicted molar refractivity (Wildman–Crippen MR) is 205 cm³/mol. The lowest BCUT2D eigenvalue weighted by atomic mass is 10.0. The van der Waals surface area contributed by atoms with Crippen molar-refractivity contribution < 1.29 is 60.2 Å². The minimum Gasteiger partial charge on any atom is -0.505 e. The Hall–Kier alpha value is -7.61. The third-order valence-corrected chi connectivity index (χ3v) is 9.68. The topological polar surface area (TPSA) is 365 Å². The number of rotatable bonds is 15. The number of ether oxygens (including phenoxy) is 1. The summed E-state index contributed by atoms with van der Waals surface area (Å²) in [4.78, 5) is 42.3. The van der Waals surface area contributed by atoms with E-state index in [1.807, 2.05) is 0 Å². The number of benzene rings is 5. The summed E-state index contributed by atoms with van der Waals surface area (Å²) in [5.41, 5.74) is 4.06. The van der Waals surface area contributed by atoms with Crippen molar-refractivity contribution in [3.05, 3.63) is 94.0 Å². The van der Waals surface area contributed by atoms with E-state index in [9.17, 15) is 60.7 Å². The first-order valence-electron chi connectivity index (χ1n) is 16.2. The molecule has 1 amide bonds. The molecule has 0 fully saturated rings. The Bertz CT molecular complexity index is 2880. The number of aryl methyl sites for hydroxylation is 1. The van der Waals surface area contributed by atoms with E-state index in [0.29, 0.717) is 23.4 Å². The number of nitro groups is 1. The van der Waals surface area contributed by atoms with Crippen LogP contribution in [0.25, 0.3) is 10.8 Å². The third-order valence-electron chi connectivity index (χ3n) is 7.92. The van der Waals surface area contributed by atoms with E-state index in [4.69, 9.17) is 5.73 Å². The molecule has 59 heavy (non-hydrogen) atoms. The number of hydrogen-bond acceptors (Lipinski definition) is 18. The van der Waals surface area contributed by atoms with Gasteiger partial charge in [0, 0.05) is 17.1 Å². The predicted octanol–water partition coefficient (Wildman–Crippen LogP) is 7.28. The van der Waals surface area contributed by atoms with Gasteiger partial charge in [-0.3, -0.25) is 28.8 Å². The molecular formula is C34H27N9O14S2. The van der Waals surface area contributed by atoms with Gasteiger partial charge >= 0.3 is 5.97 Å². The van der Waals surface area contributed by atoms with Crippen LogP contribution in [0.1, 0.15) is 22.3 Å². The summed E-state index contributed by atoms with van der Waals surface area (Å²) in [6.07, 6.45) is -0.282.